The number of benzene rings is 1. The van der Waals surface area contributed by atoms with E-state index in [2.05, 4.69) is 26.6 Å². The molecule has 2 aromatic rings. The maximum atomic E-state index is 5.61. The minimum absolute atomic E-state index is 0.430. The highest BCUT2D eigenvalue weighted by Gasteiger charge is 2.19. The third kappa shape index (κ3) is 3.46. The van der Waals surface area contributed by atoms with E-state index >= 15 is 0 Å². The van der Waals surface area contributed by atoms with Crippen LogP contribution in [-0.4, -0.2) is 48.2 Å². The Labute approximate surface area is 140 Å². The van der Waals surface area contributed by atoms with Crippen LogP contribution in [0.4, 0.5) is 5.95 Å². The average molecular weight is 330 g/mol. The second-order valence-electron chi connectivity index (χ2n) is 6.09. The Morgan fingerprint density at radius 1 is 1.08 bits per heavy atom. The number of anilines is 1. The van der Waals surface area contributed by atoms with Crippen molar-refractivity contribution < 1.29 is 14.2 Å². The van der Waals surface area contributed by atoms with Gasteiger partial charge < -0.3 is 19.5 Å². The van der Waals surface area contributed by atoms with Crippen LogP contribution >= 0.6 is 0 Å². The highest BCUT2D eigenvalue weighted by atomic mass is 16.6. The topological polar surface area (TPSA) is 81.3 Å². The van der Waals surface area contributed by atoms with Crippen molar-refractivity contribution in [2.45, 2.75) is 25.2 Å². The molecule has 0 saturated carbocycles. The molecule has 128 valence electrons. The van der Waals surface area contributed by atoms with Gasteiger partial charge in [-0.05, 0) is 37.0 Å². The molecule has 1 fully saturated rings. The molecule has 0 bridgehead atoms. The first kappa shape index (κ1) is 15.3. The van der Waals surface area contributed by atoms with Gasteiger partial charge in [-0.3, -0.25) is 5.10 Å². The molecule has 0 atom stereocenters. The van der Waals surface area contributed by atoms with Gasteiger partial charge in [0.25, 0.3) is 0 Å². The molecule has 0 spiro atoms. The lowest BCUT2D eigenvalue weighted by molar-refractivity contribution is 0.0836. The molecule has 7 nitrogen and oxygen atoms in total. The Kier molecular flexibility index (Phi) is 4.51. The zero-order valence-corrected chi connectivity index (χ0v) is 13.6. The van der Waals surface area contributed by atoms with Crippen LogP contribution in [0.1, 0.15) is 30.1 Å². The lowest BCUT2D eigenvalue weighted by Gasteiger charge is -2.19. The fourth-order valence-electron chi connectivity index (χ4n) is 3.07. The maximum Gasteiger partial charge on any atom is 0.242 e. The quantitative estimate of drug-likeness (QED) is 0.874. The van der Waals surface area contributed by atoms with E-state index in [1.807, 2.05) is 12.1 Å². The van der Waals surface area contributed by atoms with Crippen molar-refractivity contribution in [3.8, 4) is 11.5 Å². The first-order chi connectivity index (χ1) is 11.9. The molecule has 2 aliphatic heterocycles. The van der Waals surface area contributed by atoms with Crippen LogP contribution in [0, 0.1) is 0 Å². The fourth-order valence-corrected chi connectivity index (χ4v) is 3.07. The summed E-state index contributed by atoms with van der Waals surface area (Å²) in [6.45, 7) is 3.61. The van der Waals surface area contributed by atoms with Gasteiger partial charge in [-0.25, -0.2) is 0 Å². The highest BCUT2D eigenvalue weighted by molar-refractivity contribution is 5.44. The second kappa shape index (κ2) is 7.09. The van der Waals surface area contributed by atoms with Crippen molar-refractivity contribution in [1.82, 2.24) is 15.2 Å². The number of rotatable bonds is 5. The summed E-state index contributed by atoms with van der Waals surface area (Å²) >= 11 is 0. The lowest BCUT2D eigenvalue weighted by Crippen LogP contribution is -2.15. The van der Waals surface area contributed by atoms with Crippen LogP contribution in [0.5, 0.6) is 11.5 Å². The average Bonchev–Trinajstić information content (AvgIpc) is 3.11. The van der Waals surface area contributed by atoms with Gasteiger partial charge in [0, 0.05) is 25.7 Å². The summed E-state index contributed by atoms with van der Waals surface area (Å²) in [6.07, 6.45) is 2.88. The summed E-state index contributed by atoms with van der Waals surface area (Å²) in [5.74, 6) is 3.71. The minimum atomic E-state index is 0.430. The van der Waals surface area contributed by atoms with Crippen LogP contribution in [0.2, 0.25) is 0 Å². The largest absolute Gasteiger partial charge is 0.486 e. The number of nitrogens with one attached hydrogen (secondary N) is 2. The summed E-state index contributed by atoms with van der Waals surface area (Å²) in [5, 5.41) is 10.6. The number of aromatic amines is 1. The Morgan fingerprint density at radius 3 is 2.79 bits per heavy atom. The van der Waals surface area contributed by atoms with E-state index in [1.165, 1.54) is 5.56 Å². The Hall–Kier alpha value is -2.28. The number of hydrogen-bond donors (Lipinski definition) is 2. The standard InChI is InChI=1S/C17H22N4O3/c1-2-14-15(24-10-9-23-14)11-12(1)3-6-18-17-19-16(20-21-17)13-4-7-22-8-5-13/h1-2,11,13H,3-10H2,(H2,18,19,20,21). The van der Waals surface area contributed by atoms with Gasteiger partial charge in [0.05, 0.1) is 0 Å². The summed E-state index contributed by atoms with van der Waals surface area (Å²) < 4.78 is 16.5. The highest BCUT2D eigenvalue weighted by Crippen LogP contribution is 2.30. The van der Waals surface area contributed by atoms with E-state index in [1.54, 1.807) is 0 Å². The number of fused-ring (bicyclic) bond motifs is 1. The summed E-state index contributed by atoms with van der Waals surface area (Å²) in [7, 11) is 0. The van der Waals surface area contributed by atoms with Crippen molar-refractivity contribution in [3.05, 3.63) is 29.6 Å². The Bertz CT molecular complexity index is 682. The van der Waals surface area contributed by atoms with Crippen molar-refractivity contribution in [1.29, 1.82) is 0 Å². The minimum Gasteiger partial charge on any atom is -0.486 e. The van der Waals surface area contributed by atoms with E-state index in [4.69, 9.17) is 14.2 Å². The zero-order valence-electron chi connectivity index (χ0n) is 13.6. The molecule has 4 rings (SSSR count). The summed E-state index contributed by atoms with van der Waals surface area (Å²) in [6, 6.07) is 6.09. The molecule has 1 aromatic heterocycles. The van der Waals surface area contributed by atoms with E-state index in [0.29, 0.717) is 25.1 Å². The van der Waals surface area contributed by atoms with Gasteiger partial charge >= 0.3 is 0 Å². The van der Waals surface area contributed by atoms with E-state index in [-0.39, 0.29) is 0 Å². The third-order valence-corrected chi connectivity index (χ3v) is 4.41. The van der Waals surface area contributed by atoms with Gasteiger partial charge in [0.1, 0.15) is 19.0 Å². The van der Waals surface area contributed by atoms with Gasteiger partial charge in [-0.2, -0.15) is 4.98 Å². The Morgan fingerprint density at radius 2 is 1.92 bits per heavy atom. The van der Waals surface area contributed by atoms with Crippen LogP contribution in [0.15, 0.2) is 18.2 Å². The van der Waals surface area contributed by atoms with Gasteiger partial charge in [-0.1, -0.05) is 6.07 Å². The molecule has 1 aromatic carbocycles. The smallest absolute Gasteiger partial charge is 0.242 e. The fraction of sp³-hybridized carbons (Fsp3) is 0.529. The van der Waals surface area contributed by atoms with Crippen LogP contribution in [0.25, 0.3) is 0 Å². The molecule has 0 unspecified atom stereocenters. The molecule has 0 amide bonds. The first-order valence-electron chi connectivity index (χ1n) is 8.51. The van der Waals surface area contributed by atoms with Gasteiger partial charge in [0.15, 0.2) is 11.5 Å². The number of aromatic nitrogens is 3. The molecule has 2 N–H and O–H groups in total. The molecule has 1 saturated heterocycles. The number of H-pyrrole nitrogens is 1. The van der Waals surface area contributed by atoms with E-state index < -0.39 is 0 Å². The van der Waals surface area contributed by atoms with Crippen molar-refractivity contribution >= 4 is 5.95 Å². The third-order valence-electron chi connectivity index (χ3n) is 4.41. The second-order valence-corrected chi connectivity index (χ2v) is 6.09. The summed E-state index contributed by atoms with van der Waals surface area (Å²) in [5.41, 5.74) is 1.20. The molecular weight excluding hydrogens is 308 g/mol. The summed E-state index contributed by atoms with van der Waals surface area (Å²) in [4.78, 5) is 4.56. The number of ether oxygens (including phenoxy) is 3. The van der Waals surface area contributed by atoms with Crippen LogP contribution in [0.3, 0.4) is 0 Å². The molecule has 3 heterocycles. The normalized spacial score (nSPS) is 17.7. The van der Waals surface area contributed by atoms with Gasteiger partial charge in [0.2, 0.25) is 5.95 Å². The van der Waals surface area contributed by atoms with Crippen LogP contribution < -0.4 is 14.8 Å². The molecule has 24 heavy (non-hydrogen) atoms. The monoisotopic (exact) mass is 330 g/mol. The lowest BCUT2D eigenvalue weighted by atomic mass is 10.00. The predicted octanol–water partition coefficient (Wildman–Crippen LogP) is 2.12. The van der Waals surface area contributed by atoms with E-state index in [9.17, 15) is 0 Å². The first-order valence-corrected chi connectivity index (χ1v) is 8.51. The Balaban J connectivity index is 1.30. The number of nitrogens with zero attached hydrogens (tertiary/aromatic N) is 2. The number of hydrogen-bond acceptors (Lipinski definition) is 6. The molecule has 0 aliphatic carbocycles. The van der Waals surface area contributed by atoms with Crippen LogP contribution in [-0.2, 0) is 11.2 Å². The SMILES string of the molecule is c1cc2c(cc1CCNc1n[nH]c(C3CCOCC3)n1)OCCO2. The maximum absolute atomic E-state index is 5.61. The van der Waals surface area contributed by atoms with Crippen molar-refractivity contribution in [2.24, 2.45) is 0 Å². The molecule has 0 radical (unpaired) electrons. The van der Waals surface area contributed by atoms with E-state index in [0.717, 1.165) is 56.3 Å². The molecular formula is C17H22N4O3. The molecule has 2 aliphatic rings. The van der Waals surface area contributed by atoms with Crippen molar-refractivity contribution in [3.63, 3.8) is 0 Å². The molecule has 7 heteroatoms. The zero-order chi connectivity index (χ0) is 16.2. The van der Waals surface area contributed by atoms with Gasteiger partial charge in [-0.15, -0.1) is 5.10 Å². The van der Waals surface area contributed by atoms with Crippen molar-refractivity contribution in [2.75, 3.05) is 38.3 Å². The predicted molar refractivity (Wildman–Crippen MR) is 88.8 cm³/mol.